The van der Waals surface area contributed by atoms with Gasteiger partial charge in [0.25, 0.3) is 0 Å². The van der Waals surface area contributed by atoms with E-state index in [1.807, 2.05) is 19.9 Å². The second-order valence-corrected chi connectivity index (χ2v) is 4.81. The lowest BCUT2D eigenvalue weighted by molar-refractivity contribution is -0.147. The van der Waals surface area contributed by atoms with E-state index in [1.54, 1.807) is 0 Å². The van der Waals surface area contributed by atoms with Crippen LogP contribution < -0.4 is 0 Å². The van der Waals surface area contributed by atoms with E-state index in [9.17, 15) is 14.7 Å². The van der Waals surface area contributed by atoms with Gasteiger partial charge in [0.2, 0.25) is 0 Å². The summed E-state index contributed by atoms with van der Waals surface area (Å²) in [5, 5.41) is 26.7. The van der Waals surface area contributed by atoms with Gasteiger partial charge in [0.05, 0.1) is 18.5 Å². The monoisotopic (exact) mass is 256 g/mol. The summed E-state index contributed by atoms with van der Waals surface area (Å²) in [6.07, 6.45) is 0.392. The Morgan fingerprint density at radius 3 is 2.11 bits per heavy atom. The lowest BCUT2D eigenvalue weighted by Crippen LogP contribution is -2.45. The van der Waals surface area contributed by atoms with Crippen molar-refractivity contribution in [3.8, 4) is 6.07 Å². The molecule has 0 bridgehead atoms. The number of aliphatic carboxylic acids is 2. The molecule has 0 saturated heterocycles. The molecule has 18 heavy (non-hydrogen) atoms. The van der Waals surface area contributed by atoms with Crippen molar-refractivity contribution in [3.63, 3.8) is 0 Å². The van der Waals surface area contributed by atoms with Crippen LogP contribution in [-0.4, -0.2) is 46.2 Å². The maximum atomic E-state index is 11.2. The number of carbonyl (C=O) groups is 2. The third-order valence-corrected chi connectivity index (χ3v) is 2.62. The number of nitriles is 1. The highest BCUT2D eigenvalue weighted by Gasteiger charge is 2.28. The first kappa shape index (κ1) is 16.4. The van der Waals surface area contributed by atoms with Crippen LogP contribution in [0.3, 0.4) is 0 Å². The first-order chi connectivity index (χ1) is 8.29. The second-order valence-electron chi connectivity index (χ2n) is 4.81. The maximum absolute atomic E-state index is 11.2. The van der Waals surface area contributed by atoms with Crippen molar-refractivity contribution in [3.05, 3.63) is 0 Å². The molecule has 2 N–H and O–H groups in total. The van der Waals surface area contributed by atoms with E-state index in [-0.39, 0.29) is 19.0 Å². The smallest absolute Gasteiger partial charge is 0.320 e. The lowest BCUT2D eigenvalue weighted by atomic mass is 10.0. The van der Waals surface area contributed by atoms with Gasteiger partial charge < -0.3 is 10.2 Å². The van der Waals surface area contributed by atoms with E-state index in [2.05, 4.69) is 0 Å². The number of carboxylic acids is 2. The number of nitrogens with zero attached hydrogens (tertiary/aromatic N) is 2. The largest absolute Gasteiger partial charge is 0.481 e. The van der Waals surface area contributed by atoms with Crippen molar-refractivity contribution >= 4 is 11.9 Å². The van der Waals surface area contributed by atoms with Gasteiger partial charge >= 0.3 is 11.9 Å². The van der Waals surface area contributed by atoms with Crippen LogP contribution in [0.4, 0.5) is 0 Å². The minimum atomic E-state index is -1.02. The molecule has 0 amide bonds. The van der Waals surface area contributed by atoms with Crippen LogP contribution in [0.1, 0.15) is 27.2 Å². The molecule has 102 valence electrons. The van der Waals surface area contributed by atoms with Crippen LogP contribution in [0.2, 0.25) is 0 Å². The molecule has 0 aliphatic rings. The standard InChI is InChI=1S/C12H20N2O4/c1-8(2)6-10(12(17)18)14(5-4-13)7-9(3)11(15)16/h8-10H,5-7H2,1-3H3,(H,15,16)(H,17,18). The van der Waals surface area contributed by atoms with Gasteiger partial charge in [0.1, 0.15) is 6.04 Å². The molecule has 0 aliphatic carbocycles. The topological polar surface area (TPSA) is 102 Å². The van der Waals surface area contributed by atoms with Crippen molar-refractivity contribution in [1.82, 2.24) is 4.90 Å². The summed E-state index contributed by atoms with van der Waals surface area (Å²) in [6, 6.07) is 1.08. The Bertz CT molecular complexity index is 335. The summed E-state index contributed by atoms with van der Waals surface area (Å²) in [6.45, 7) is 5.26. The molecule has 0 spiro atoms. The highest BCUT2D eigenvalue weighted by atomic mass is 16.4. The number of hydrogen-bond acceptors (Lipinski definition) is 4. The van der Waals surface area contributed by atoms with Gasteiger partial charge in [-0.3, -0.25) is 14.5 Å². The minimum absolute atomic E-state index is 0.0621. The van der Waals surface area contributed by atoms with E-state index in [1.165, 1.54) is 11.8 Å². The molecule has 0 aliphatic heterocycles. The Kier molecular flexibility index (Phi) is 6.98. The molecular formula is C12H20N2O4. The predicted octanol–water partition coefficient (Wildman–Crippen LogP) is 1.03. The zero-order chi connectivity index (χ0) is 14.3. The van der Waals surface area contributed by atoms with Gasteiger partial charge in [-0.05, 0) is 12.3 Å². The van der Waals surface area contributed by atoms with Crippen molar-refractivity contribution in [2.24, 2.45) is 11.8 Å². The van der Waals surface area contributed by atoms with Crippen molar-refractivity contribution < 1.29 is 19.8 Å². The zero-order valence-electron chi connectivity index (χ0n) is 11.0. The van der Waals surface area contributed by atoms with Gasteiger partial charge in [-0.25, -0.2) is 0 Å². The maximum Gasteiger partial charge on any atom is 0.320 e. The molecule has 0 aromatic heterocycles. The van der Waals surface area contributed by atoms with E-state index in [0.29, 0.717) is 6.42 Å². The van der Waals surface area contributed by atoms with Gasteiger partial charge in [0, 0.05) is 6.54 Å². The summed E-state index contributed by atoms with van der Waals surface area (Å²) >= 11 is 0. The highest BCUT2D eigenvalue weighted by molar-refractivity contribution is 5.74. The molecule has 0 radical (unpaired) electrons. The molecule has 2 unspecified atom stereocenters. The third-order valence-electron chi connectivity index (χ3n) is 2.62. The van der Waals surface area contributed by atoms with Crippen LogP contribution in [0.5, 0.6) is 0 Å². The number of carboxylic acid groups (broad SMARTS) is 2. The zero-order valence-corrected chi connectivity index (χ0v) is 11.0. The summed E-state index contributed by atoms with van der Waals surface area (Å²) in [4.78, 5) is 23.4. The van der Waals surface area contributed by atoms with Crippen LogP contribution in [-0.2, 0) is 9.59 Å². The SMILES string of the molecule is CC(C)CC(C(=O)O)N(CC#N)CC(C)C(=O)O. The van der Waals surface area contributed by atoms with Gasteiger partial charge in [0.15, 0.2) is 0 Å². The van der Waals surface area contributed by atoms with E-state index in [0.717, 1.165) is 0 Å². The summed E-state index contributed by atoms with van der Waals surface area (Å²) in [7, 11) is 0. The normalized spacial score (nSPS) is 14.2. The van der Waals surface area contributed by atoms with Gasteiger partial charge in [-0.15, -0.1) is 0 Å². The number of rotatable bonds is 8. The van der Waals surface area contributed by atoms with E-state index < -0.39 is 23.9 Å². The van der Waals surface area contributed by atoms with Crippen LogP contribution >= 0.6 is 0 Å². The summed E-state index contributed by atoms with van der Waals surface area (Å²) < 4.78 is 0. The van der Waals surface area contributed by atoms with Crippen molar-refractivity contribution in [2.45, 2.75) is 33.2 Å². The average molecular weight is 256 g/mol. The molecule has 2 atom stereocenters. The van der Waals surface area contributed by atoms with E-state index >= 15 is 0 Å². The minimum Gasteiger partial charge on any atom is -0.481 e. The first-order valence-corrected chi connectivity index (χ1v) is 5.86. The predicted molar refractivity (Wildman–Crippen MR) is 64.9 cm³/mol. The Morgan fingerprint density at radius 2 is 1.78 bits per heavy atom. The van der Waals surface area contributed by atoms with Crippen molar-refractivity contribution in [2.75, 3.05) is 13.1 Å². The molecule has 0 aromatic rings. The van der Waals surface area contributed by atoms with Crippen molar-refractivity contribution in [1.29, 1.82) is 5.26 Å². The Hall–Kier alpha value is -1.61. The van der Waals surface area contributed by atoms with Crippen LogP contribution in [0, 0.1) is 23.2 Å². The fourth-order valence-corrected chi connectivity index (χ4v) is 1.68. The summed E-state index contributed by atoms with van der Waals surface area (Å²) in [5.74, 6) is -2.55. The van der Waals surface area contributed by atoms with E-state index in [4.69, 9.17) is 10.4 Å². The number of hydrogen-bond donors (Lipinski definition) is 2. The Morgan fingerprint density at radius 1 is 1.22 bits per heavy atom. The molecule has 6 nitrogen and oxygen atoms in total. The second kappa shape index (κ2) is 7.67. The lowest BCUT2D eigenvalue weighted by Gasteiger charge is -2.28. The van der Waals surface area contributed by atoms with Gasteiger partial charge in [-0.2, -0.15) is 5.26 Å². The molecule has 0 rings (SSSR count). The quantitative estimate of drug-likeness (QED) is 0.629. The Labute approximate surface area is 107 Å². The average Bonchev–Trinajstić information content (AvgIpc) is 2.24. The molecule has 6 heteroatoms. The van der Waals surface area contributed by atoms with Gasteiger partial charge in [-0.1, -0.05) is 20.8 Å². The fraction of sp³-hybridized carbons (Fsp3) is 0.750. The van der Waals surface area contributed by atoms with Crippen LogP contribution in [0.25, 0.3) is 0 Å². The fourth-order valence-electron chi connectivity index (χ4n) is 1.68. The molecule has 0 heterocycles. The molecule has 0 saturated carbocycles. The van der Waals surface area contributed by atoms with Crippen LogP contribution in [0.15, 0.2) is 0 Å². The first-order valence-electron chi connectivity index (χ1n) is 5.86. The molecule has 0 aromatic carbocycles. The molecule has 0 fully saturated rings. The molecular weight excluding hydrogens is 236 g/mol. The third kappa shape index (κ3) is 5.64. The highest BCUT2D eigenvalue weighted by Crippen LogP contribution is 2.14. The summed E-state index contributed by atoms with van der Waals surface area (Å²) in [5.41, 5.74) is 0. The Balaban J connectivity index is 4.86.